The third-order valence-corrected chi connectivity index (χ3v) is 2.98. The maximum atomic E-state index is 11.3. The van der Waals surface area contributed by atoms with Crippen LogP contribution in [0.3, 0.4) is 0 Å². The first-order valence-electron chi connectivity index (χ1n) is 5.63. The standard InChI is InChI=1S/C15H13BrO2/c1-11(17)13-7-14(16)9-15(8-13)18-10-12-5-3-2-4-6-12/h2-9H,10H2,1H3. The van der Waals surface area contributed by atoms with Crippen LogP contribution in [-0.4, -0.2) is 5.78 Å². The zero-order chi connectivity index (χ0) is 13.0. The molecule has 2 rings (SSSR count). The van der Waals surface area contributed by atoms with E-state index in [1.54, 1.807) is 19.1 Å². The molecule has 0 saturated heterocycles. The SMILES string of the molecule is CC(=O)c1cc(Br)cc(OCc2ccccc2)c1. The van der Waals surface area contributed by atoms with Gasteiger partial charge in [-0.15, -0.1) is 0 Å². The van der Waals surface area contributed by atoms with Crippen molar-refractivity contribution >= 4 is 21.7 Å². The van der Waals surface area contributed by atoms with Crippen LogP contribution in [0.25, 0.3) is 0 Å². The van der Waals surface area contributed by atoms with E-state index in [4.69, 9.17) is 4.74 Å². The number of hydrogen-bond acceptors (Lipinski definition) is 2. The first kappa shape index (κ1) is 12.8. The van der Waals surface area contributed by atoms with Gasteiger partial charge in [0.25, 0.3) is 0 Å². The molecule has 0 unspecified atom stereocenters. The lowest BCUT2D eigenvalue weighted by molar-refractivity contribution is 0.101. The fourth-order valence-corrected chi connectivity index (χ4v) is 2.06. The molecule has 0 aliphatic carbocycles. The highest BCUT2D eigenvalue weighted by Crippen LogP contribution is 2.22. The van der Waals surface area contributed by atoms with Gasteiger partial charge in [-0.1, -0.05) is 46.3 Å². The molecule has 3 heteroatoms. The monoisotopic (exact) mass is 304 g/mol. The van der Waals surface area contributed by atoms with Gasteiger partial charge in [-0.3, -0.25) is 4.79 Å². The molecular weight excluding hydrogens is 292 g/mol. The Hall–Kier alpha value is -1.61. The summed E-state index contributed by atoms with van der Waals surface area (Å²) in [7, 11) is 0. The minimum Gasteiger partial charge on any atom is -0.489 e. The van der Waals surface area contributed by atoms with Gasteiger partial charge in [0.2, 0.25) is 0 Å². The maximum Gasteiger partial charge on any atom is 0.159 e. The fraction of sp³-hybridized carbons (Fsp3) is 0.133. The second kappa shape index (κ2) is 5.83. The number of halogens is 1. The van der Waals surface area contributed by atoms with Crippen molar-refractivity contribution in [2.24, 2.45) is 0 Å². The molecule has 0 spiro atoms. The Balaban J connectivity index is 2.12. The number of benzene rings is 2. The number of ether oxygens (including phenoxy) is 1. The summed E-state index contributed by atoms with van der Waals surface area (Å²) in [5.41, 5.74) is 1.74. The Kier molecular flexibility index (Phi) is 4.15. The Labute approximate surface area is 115 Å². The molecule has 18 heavy (non-hydrogen) atoms. The molecule has 0 fully saturated rings. The largest absolute Gasteiger partial charge is 0.489 e. The van der Waals surface area contributed by atoms with Crippen molar-refractivity contribution in [1.82, 2.24) is 0 Å². The van der Waals surface area contributed by atoms with Crippen molar-refractivity contribution < 1.29 is 9.53 Å². The zero-order valence-corrected chi connectivity index (χ0v) is 11.6. The van der Waals surface area contributed by atoms with E-state index < -0.39 is 0 Å². The predicted octanol–water partition coefficient (Wildman–Crippen LogP) is 4.23. The molecule has 0 N–H and O–H groups in total. The molecule has 0 radical (unpaired) electrons. The summed E-state index contributed by atoms with van der Waals surface area (Å²) in [5.74, 6) is 0.722. The summed E-state index contributed by atoms with van der Waals surface area (Å²) < 4.78 is 6.53. The van der Waals surface area contributed by atoms with E-state index in [2.05, 4.69) is 15.9 Å². The Morgan fingerprint density at radius 1 is 1.17 bits per heavy atom. The normalized spacial score (nSPS) is 10.1. The Morgan fingerprint density at radius 3 is 2.56 bits per heavy atom. The fourth-order valence-electron chi connectivity index (χ4n) is 1.59. The number of carbonyl (C=O) groups excluding carboxylic acids is 1. The number of carbonyl (C=O) groups is 1. The zero-order valence-electron chi connectivity index (χ0n) is 10.0. The van der Waals surface area contributed by atoms with Gasteiger partial charge in [0.1, 0.15) is 12.4 Å². The van der Waals surface area contributed by atoms with Crippen LogP contribution in [0.5, 0.6) is 5.75 Å². The quantitative estimate of drug-likeness (QED) is 0.790. The highest BCUT2D eigenvalue weighted by molar-refractivity contribution is 9.10. The molecular formula is C15H13BrO2. The molecule has 0 aliphatic heterocycles. The second-order valence-corrected chi connectivity index (χ2v) is 4.92. The highest BCUT2D eigenvalue weighted by Gasteiger charge is 2.04. The van der Waals surface area contributed by atoms with Crippen molar-refractivity contribution in [1.29, 1.82) is 0 Å². The molecule has 92 valence electrons. The number of Topliss-reactive ketones (excluding diaryl/α,β-unsaturated/α-hetero) is 1. The van der Waals surface area contributed by atoms with Crippen LogP contribution < -0.4 is 4.74 Å². The van der Waals surface area contributed by atoms with Crippen molar-refractivity contribution in [3.63, 3.8) is 0 Å². The second-order valence-electron chi connectivity index (χ2n) is 4.01. The van der Waals surface area contributed by atoms with E-state index in [0.717, 1.165) is 10.0 Å². The molecule has 0 heterocycles. The molecule has 2 aromatic rings. The molecule has 0 aliphatic rings. The van der Waals surface area contributed by atoms with E-state index in [9.17, 15) is 4.79 Å². The summed E-state index contributed by atoms with van der Waals surface area (Å²) in [6.45, 7) is 2.04. The molecule has 0 bridgehead atoms. The number of ketones is 1. The van der Waals surface area contributed by atoms with Crippen LogP contribution in [0.15, 0.2) is 53.0 Å². The predicted molar refractivity (Wildman–Crippen MR) is 74.9 cm³/mol. The lowest BCUT2D eigenvalue weighted by Crippen LogP contribution is -1.98. The van der Waals surface area contributed by atoms with Gasteiger partial charge in [0.15, 0.2) is 5.78 Å². The topological polar surface area (TPSA) is 26.3 Å². The third-order valence-electron chi connectivity index (χ3n) is 2.53. The van der Waals surface area contributed by atoms with Crippen LogP contribution in [0.1, 0.15) is 22.8 Å². The van der Waals surface area contributed by atoms with Gasteiger partial charge in [-0.2, -0.15) is 0 Å². The highest BCUT2D eigenvalue weighted by atomic mass is 79.9. The molecule has 0 atom stereocenters. The molecule has 0 amide bonds. The molecule has 2 nitrogen and oxygen atoms in total. The lowest BCUT2D eigenvalue weighted by atomic mass is 10.1. The minimum atomic E-state index is 0.0286. The summed E-state index contributed by atoms with van der Waals surface area (Å²) in [6.07, 6.45) is 0. The average Bonchev–Trinajstić information content (AvgIpc) is 2.37. The van der Waals surface area contributed by atoms with Gasteiger partial charge in [-0.05, 0) is 30.7 Å². The minimum absolute atomic E-state index is 0.0286. The van der Waals surface area contributed by atoms with Crippen molar-refractivity contribution in [2.75, 3.05) is 0 Å². The van der Waals surface area contributed by atoms with E-state index in [0.29, 0.717) is 17.9 Å². The summed E-state index contributed by atoms with van der Waals surface area (Å²) >= 11 is 3.38. The molecule has 0 saturated carbocycles. The maximum absolute atomic E-state index is 11.3. The van der Waals surface area contributed by atoms with E-state index in [-0.39, 0.29) is 5.78 Å². The van der Waals surface area contributed by atoms with Crippen LogP contribution in [0, 0.1) is 0 Å². The van der Waals surface area contributed by atoms with Gasteiger partial charge in [0, 0.05) is 10.0 Å². The summed E-state index contributed by atoms with van der Waals surface area (Å²) in [4.78, 5) is 11.3. The van der Waals surface area contributed by atoms with Crippen molar-refractivity contribution in [3.8, 4) is 5.75 Å². The Bertz CT molecular complexity index is 550. The van der Waals surface area contributed by atoms with Crippen LogP contribution >= 0.6 is 15.9 Å². The van der Waals surface area contributed by atoms with Crippen LogP contribution in [0.4, 0.5) is 0 Å². The van der Waals surface area contributed by atoms with Gasteiger partial charge < -0.3 is 4.74 Å². The average molecular weight is 305 g/mol. The van der Waals surface area contributed by atoms with E-state index in [1.807, 2.05) is 36.4 Å². The van der Waals surface area contributed by atoms with Crippen molar-refractivity contribution in [2.45, 2.75) is 13.5 Å². The van der Waals surface area contributed by atoms with Gasteiger partial charge >= 0.3 is 0 Å². The number of rotatable bonds is 4. The van der Waals surface area contributed by atoms with Gasteiger partial charge in [-0.25, -0.2) is 0 Å². The van der Waals surface area contributed by atoms with E-state index >= 15 is 0 Å². The molecule has 0 aromatic heterocycles. The van der Waals surface area contributed by atoms with Crippen molar-refractivity contribution in [3.05, 3.63) is 64.1 Å². The molecule has 2 aromatic carbocycles. The Morgan fingerprint density at radius 2 is 1.89 bits per heavy atom. The lowest BCUT2D eigenvalue weighted by Gasteiger charge is -2.08. The van der Waals surface area contributed by atoms with Gasteiger partial charge in [0.05, 0.1) is 0 Å². The number of hydrogen-bond donors (Lipinski definition) is 0. The smallest absolute Gasteiger partial charge is 0.159 e. The first-order chi connectivity index (χ1) is 8.65. The van der Waals surface area contributed by atoms with Crippen LogP contribution in [0.2, 0.25) is 0 Å². The summed E-state index contributed by atoms with van der Waals surface area (Å²) in [5, 5.41) is 0. The first-order valence-corrected chi connectivity index (χ1v) is 6.43. The summed E-state index contributed by atoms with van der Waals surface area (Å²) in [6, 6.07) is 15.3. The van der Waals surface area contributed by atoms with E-state index in [1.165, 1.54) is 0 Å². The third kappa shape index (κ3) is 3.44. The van der Waals surface area contributed by atoms with Crippen LogP contribution in [-0.2, 0) is 6.61 Å².